The monoisotopic (exact) mass is 267 g/mol. The molecule has 0 amide bonds. The molecule has 3 nitrogen and oxygen atoms in total. The smallest absolute Gasteiger partial charge is 0.135 e. The first kappa shape index (κ1) is 12.8. The van der Waals surface area contributed by atoms with E-state index < -0.39 is 0 Å². The lowest BCUT2D eigenvalue weighted by Gasteiger charge is -2.13. The normalized spacial score (nSPS) is 11.3. The predicted octanol–water partition coefficient (Wildman–Crippen LogP) is 3.87. The van der Waals surface area contributed by atoms with E-state index in [1.807, 2.05) is 55.4 Å². The molecule has 2 aromatic carbocycles. The number of nitrogens with zero attached hydrogens (tertiary/aromatic N) is 1. The highest BCUT2D eigenvalue weighted by Gasteiger charge is 2.15. The van der Waals surface area contributed by atoms with Gasteiger partial charge in [0.05, 0.1) is 6.26 Å². The topological polar surface area (TPSA) is 36.6 Å². The van der Waals surface area contributed by atoms with Crippen molar-refractivity contribution in [1.82, 2.24) is 4.90 Å². The first-order valence-electron chi connectivity index (χ1n) is 6.59. The fourth-order valence-electron chi connectivity index (χ4n) is 2.50. The van der Waals surface area contributed by atoms with E-state index in [-0.39, 0.29) is 0 Å². The first-order valence-corrected chi connectivity index (χ1v) is 6.59. The second-order valence-corrected chi connectivity index (χ2v) is 5.19. The van der Waals surface area contributed by atoms with Crippen LogP contribution in [0.2, 0.25) is 0 Å². The van der Waals surface area contributed by atoms with Crippen LogP contribution in [-0.2, 0) is 6.54 Å². The Balaban J connectivity index is 2.27. The summed E-state index contributed by atoms with van der Waals surface area (Å²) >= 11 is 0. The quantitative estimate of drug-likeness (QED) is 0.782. The van der Waals surface area contributed by atoms with Gasteiger partial charge in [-0.15, -0.1) is 0 Å². The molecule has 0 saturated heterocycles. The van der Waals surface area contributed by atoms with E-state index in [2.05, 4.69) is 0 Å². The Morgan fingerprint density at radius 3 is 2.50 bits per heavy atom. The van der Waals surface area contributed by atoms with Gasteiger partial charge in [0, 0.05) is 23.1 Å². The van der Waals surface area contributed by atoms with Crippen molar-refractivity contribution in [2.24, 2.45) is 0 Å². The lowest BCUT2D eigenvalue weighted by atomic mass is 10.00. The molecule has 0 saturated carbocycles. The molecule has 0 unspecified atom stereocenters. The molecule has 0 aliphatic heterocycles. The van der Waals surface area contributed by atoms with Crippen LogP contribution in [0.5, 0.6) is 5.75 Å². The Labute approximate surface area is 118 Å². The zero-order chi connectivity index (χ0) is 14.1. The molecule has 0 radical (unpaired) electrons. The van der Waals surface area contributed by atoms with Crippen molar-refractivity contribution in [3.63, 3.8) is 0 Å². The highest BCUT2D eigenvalue weighted by atomic mass is 16.3. The van der Waals surface area contributed by atoms with Crippen LogP contribution in [0.4, 0.5) is 0 Å². The maximum atomic E-state index is 10.2. The summed E-state index contributed by atoms with van der Waals surface area (Å²) in [5.41, 5.74) is 3.82. The average Bonchev–Trinajstić information content (AvgIpc) is 2.87. The Hall–Kier alpha value is -2.26. The number of aromatic hydroxyl groups is 1. The van der Waals surface area contributed by atoms with E-state index in [9.17, 15) is 5.11 Å². The van der Waals surface area contributed by atoms with Crippen molar-refractivity contribution < 1.29 is 9.52 Å². The van der Waals surface area contributed by atoms with Gasteiger partial charge in [0.15, 0.2) is 0 Å². The minimum absolute atomic E-state index is 0.310. The van der Waals surface area contributed by atoms with Crippen LogP contribution < -0.4 is 0 Å². The molecule has 3 rings (SSSR count). The molecule has 0 aliphatic carbocycles. The SMILES string of the molecule is CN(C)Cc1c(O)ccc2occ(-c3ccccc3)c12. The Kier molecular flexibility index (Phi) is 3.20. The van der Waals surface area contributed by atoms with Gasteiger partial charge in [-0.25, -0.2) is 0 Å². The highest BCUT2D eigenvalue weighted by molar-refractivity contribution is 5.97. The van der Waals surface area contributed by atoms with Gasteiger partial charge in [-0.2, -0.15) is 0 Å². The molecule has 3 aromatic rings. The summed E-state index contributed by atoms with van der Waals surface area (Å²) in [6, 6.07) is 13.6. The van der Waals surface area contributed by atoms with Gasteiger partial charge in [0.2, 0.25) is 0 Å². The second-order valence-electron chi connectivity index (χ2n) is 5.19. The summed E-state index contributed by atoms with van der Waals surface area (Å²) in [4.78, 5) is 2.04. The van der Waals surface area contributed by atoms with E-state index in [4.69, 9.17) is 4.42 Å². The van der Waals surface area contributed by atoms with Gasteiger partial charge >= 0.3 is 0 Å². The molecule has 0 fully saturated rings. The number of phenols is 1. The van der Waals surface area contributed by atoms with Crippen molar-refractivity contribution >= 4 is 11.0 Å². The average molecular weight is 267 g/mol. The second kappa shape index (κ2) is 5.02. The van der Waals surface area contributed by atoms with Crippen LogP contribution >= 0.6 is 0 Å². The van der Waals surface area contributed by atoms with Crippen LogP contribution in [0.25, 0.3) is 22.1 Å². The van der Waals surface area contributed by atoms with E-state index in [1.165, 1.54) is 0 Å². The molecule has 102 valence electrons. The van der Waals surface area contributed by atoms with Crippen molar-refractivity contribution in [2.45, 2.75) is 6.54 Å². The van der Waals surface area contributed by atoms with Crippen molar-refractivity contribution in [2.75, 3.05) is 14.1 Å². The molecule has 1 heterocycles. The number of hydrogen-bond donors (Lipinski definition) is 1. The number of rotatable bonds is 3. The fourth-order valence-corrected chi connectivity index (χ4v) is 2.50. The lowest BCUT2D eigenvalue weighted by molar-refractivity contribution is 0.388. The molecule has 0 spiro atoms. The van der Waals surface area contributed by atoms with E-state index in [0.717, 1.165) is 27.7 Å². The summed E-state index contributed by atoms with van der Waals surface area (Å²) in [7, 11) is 3.97. The molecular formula is C17H17NO2. The number of hydrogen-bond acceptors (Lipinski definition) is 3. The molecule has 0 atom stereocenters. The maximum absolute atomic E-state index is 10.2. The van der Waals surface area contributed by atoms with Crippen molar-refractivity contribution in [3.8, 4) is 16.9 Å². The van der Waals surface area contributed by atoms with Gasteiger partial charge in [-0.1, -0.05) is 30.3 Å². The molecule has 20 heavy (non-hydrogen) atoms. The fraction of sp³-hybridized carbons (Fsp3) is 0.176. The third kappa shape index (κ3) is 2.17. The summed E-state index contributed by atoms with van der Waals surface area (Å²) in [5.74, 6) is 0.310. The molecule has 0 aliphatic rings. The van der Waals surface area contributed by atoms with E-state index >= 15 is 0 Å². The van der Waals surface area contributed by atoms with Gasteiger partial charge < -0.3 is 14.4 Å². The predicted molar refractivity (Wildman–Crippen MR) is 80.7 cm³/mol. The zero-order valence-electron chi connectivity index (χ0n) is 11.6. The molecule has 1 aromatic heterocycles. The minimum atomic E-state index is 0.310. The van der Waals surface area contributed by atoms with E-state index in [1.54, 1.807) is 12.3 Å². The molecule has 1 N–H and O–H groups in total. The van der Waals surface area contributed by atoms with E-state index in [0.29, 0.717) is 12.3 Å². The van der Waals surface area contributed by atoms with Gasteiger partial charge in [-0.05, 0) is 31.8 Å². The minimum Gasteiger partial charge on any atom is -0.508 e. The van der Waals surface area contributed by atoms with Crippen LogP contribution in [0.15, 0.2) is 53.1 Å². The third-order valence-corrected chi connectivity index (χ3v) is 3.38. The first-order chi connectivity index (χ1) is 9.66. The highest BCUT2D eigenvalue weighted by Crippen LogP contribution is 2.37. The number of fused-ring (bicyclic) bond motifs is 1. The summed E-state index contributed by atoms with van der Waals surface area (Å²) < 4.78 is 5.65. The lowest BCUT2D eigenvalue weighted by Crippen LogP contribution is -2.11. The third-order valence-electron chi connectivity index (χ3n) is 3.38. The number of phenolic OH excluding ortho intramolecular Hbond substituents is 1. The van der Waals surface area contributed by atoms with Gasteiger partial charge in [0.25, 0.3) is 0 Å². The maximum Gasteiger partial charge on any atom is 0.135 e. The van der Waals surface area contributed by atoms with Gasteiger partial charge in [-0.3, -0.25) is 0 Å². The van der Waals surface area contributed by atoms with Crippen molar-refractivity contribution in [1.29, 1.82) is 0 Å². The number of furan rings is 1. The standard InChI is InChI=1S/C17H17NO2/c1-18(2)10-13-15(19)8-9-16-17(13)14(11-20-16)12-6-4-3-5-7-12/h3-9,11,19H,10H2,1-2H3. The van der Waals surface area contributed by atoms with Crippen LogP contribution in [-0.4, -0.2) is 24.1 Å². The van der Waals surface area contributed by atoms with Crippen molar-refractivity contribution in [3.05, 3.63) is 54.3 Å². The summed E-state index contributed by atoms with van der Waals surface area (Å²) in [6.07, 6.45) is 1.76. The Bertz CT molecular complexity index is 729. The van der Waals surface area contributed by atoms with Crippen LogP contribution in [0, 0.1) is 0 Å². The number of benzene rings is 2. The van der Waals surface area contributed by atoms with Gasteiger partial charge in [0.1, 0.15) is 11.3 Å². The molecular weight excluding hydrogens is 250 g/mol. The summed E-state index contributed by atoms with van der Waals surface area (Å²) in [5, 5.41) is 11.2. The van der Waals surface area contributed by atoms with Crippen LogP contribution in [0.1, 0.15) is 5.56 Å². The largest absolute Gasteiger partial charge is 0.508 e. The Morgan fingerprint density at radius 1 is 1.05 bits per heavy atom. The molecule has 3 heteroatoms. The van der Waals surface area contributed by atoms with Crippen LogP contribution in [0.3, 0.4) is 0 Å². The summed E-state index contributed by atoms with van der Waals surface area (Å²) in [6.45, 7) is 0.669. The zero-order valence-corrected chi connectivity index (χ0v) is 11.6. The molecule has 0 bridgehead atoms. The Morgan fingerprint density at radius 2 is 1.80 bits per heavy atom.